The molecule has 2 heterocycles. The normalized spacial score (nSPS) is 11.6. The van der Waals surface area contributed by atoms with E-state index in [-0.39, 0.29) is 17.2 Å². The summed E-state index contributed by atoms with van der Waals surface area (Å²) in [7, 11) is 0. The highest BCUT2D eigenvalue weighted by Crippen LogP contribution is 2.34. The Balaban J connectivity index is 2.20. The van der Waals surface area contributed by atoms with Crippen molar-refractivity contribution in [2.75, 3.05) is 0 Å². The van der Waals surface area contributed by atoms with Gasteiger partial charge in [0, 0.05) is 6.20 Å². The van der Waals surface area contributed by atoms with Crippen LogP contribution in [0, 0.1) is 6.92 Å². The third-order valence-electron chi connectivity index (χ3n) is 2.89. The molecule has 3 aromatic rings. The number of aromatic nitrogens is 6. The first kappa shape index (κ1) is 14.1. The molecule has 0 aliphatic rings. The summed E-state index contributed by atoms with van der Waals surface area (Å²) in [6.45, 7) is 1.39. The van der Waals surface area contributed by atoms with Gasteiger partial charge in [0.1, 0.15) is 5.82 Å². The molecule has 9 heteroatoms. The van der Waals surface area contributed by atoms with Crippen molar-refractivity contribution in [3.8, 4) is 17.1 Å². The lowest BCUT2D eigenvalue weighted by atomic mass is 10.2. The Kier molecular flexibility index (Phi) is 3.32. The third-order valence-corrected chi connectivity index (χ3v) is 2.89. The van der Waals surface area contributed by atoms with E-state index in [1.165, 1.54) is 11.6 Å². The first-order valence-electron chi connectivity index (χ1n) is 6.22. The number of rotatable bonds is 2. The molecule has 0 fully saturated rings. The summed E-state index contributed by atoms with van der Waals surface area (Å²) in [5, 5.41) is 10.9. The van der Waals surface area contributed by atoms with E-state index in [4.69, 9.17) is 0 Å². The van der Waals surface area contributed by atoms with Crippen molar-refractivity contribution in [2.45, 2.75) is 13.1 Å². The van der Waals surface area contributed by atoms with E-state index in [1.807, 2.05) is 0 Å². The molecule has 0 aliphatic carbocycles. The molecular formula is C13H9F3N6. The first-order valence-corrected chi connectivity index (χ1v) is 6.22. The van der Waals surface area contributed by atoms with Crippen molar-refractivity contribution in [3.63, 3.8) is 0 Å². The number of hydrogen-bond acceptors (Lipinski definition) is 5. The molecule has 0 saturated heterocycles. The predicted octanol–water partition coefficient (Wildman–Crippen LogP) is 2.45. The summed E-state index contributed by atoms with van der Waals surface area (Å²) >= 11 is 0. The second-order valence-electron chi connectivity index (χ2n) is 4.43. The topological polar surface area (TPSA) is 69.4 Å². The average Bonchev–Trinajstić information content (AvgIpc) is 2.96. The van der Waals surface area contributed by atoms with E-state index in [2.05, 4.69) is 25.5 Å². The molecule has 0 amide bonds. The van der Waals surface area contributed by atoms with Crippen molar-refractivity contribution in [3.05, 3.63) is 48.0 Å². The molecule has 0 radical (unpaired) electrons. The molecule has 0 bridgehead atoms. The SMILES string of the molecule is Cc1ncc(-c2nnnn2-c2ccccc2)c(C(F)(F)F)n1. The lowest BCUT2D eigenvalue weighted by molar-refractivity contribution is -0.140. The zero-order valence-corrected chi connectivity index (χ0v) is 11.3. The van der Waals surface area contributed by atoms with Gasteiger partial charge in [-0.15, -0.1) is 5.10 Å². The van der Waals surface area contributed by atoms with E-state index in [0.717, 1.165) is 6.20 Å². The minimum atomic E-state index is -4.63. The minimum absolute atomic E-state index is 0.0230. The average molecular weight is 306 g/mol. The molecule has 0 saturated carbocycles. The van der Waals surface area contributed by atoms with Gasteiger partial charge in [0.05, 0.1) is 11.3 Å². The molecule has 0 unspecified atom stereocenters. The van der Waals surface area contributed by atoms with Crippen LogP contribution in [0.3, 0.4) is 0 Å². The Morgan fingerprint density at radius 2 is 1.82 bits per heavy atom. The van der Waals surface area contributed by atoms with E-state index in [0.29, 0.717) is 5.69 Å². The van der Waals surface area contributed by atoms with Crippen molar-refractivity contribution in [2.24, 2.45) is 0 Å². The molecule has 22 heavy (non-hydrogen) atoms. The van der Waals surface area contributed by atoms with Gasteiger partial charge in [-0.3, -0.25) is 0 Å². The monoisotopic (exact) mass is 306 g/mol. The van der Waals surface area contributed by atoms with Crippen LogP contribution in [0.1, 0.15) is 11.5 Å². The number of aryl methyl sites for hydroxylation is 1. The number of benzene rings is 1. The van der Waals surface area contributed by atoms with Crippen LogP contribution in [0.4, 0.5) is 13.2 Å². The number of tetrazole rings is 1. The van der Waals surface area contributed by atoms with Gasteiger partial charge < -0.3 is 0 Å². The quantitative estimate of drug-likeness (QED) is 0.727. The van der Waals surface area contributed by atoms with Gasteiger partial charge in [0.25, 0.3) is 0 Å². The van der Waals surface area contributed by atoms with Crippen LogP contribution >= 0.6 is 0 Å². The van der Waals surface area contributed by atoms with Gasteiger partial charge in [0.15, 0.2) is 11.5 Å². The Hall–Kier alpha value is -2.84. The highest BCUT2D eigenvalue weighted by atomic mass is 19.4. The van der Waals surface area contributed by atoms with Crippen molar-refractivity contribution in [1.82, 2.24) is 30.2 Å². The number of hydrogen-bond donors (Lipinski definition) is 0. The molecule has 3 rings (SSSR count). The van der Waals surface area contributed by atoms with E-state index in [1.54, 1.807) is 30.3 Å². The van der Waals surface area contributed by atoms with Gasteiger partial charge in [-0.05, 0) is 29.5 Å². The van der Waals surface area contributed by atoms with Crippen LogP contribution in [-0.4, -0.2) is 30.2 Å². The Morgan fingerprint density at radius 1 is 1.09 bits per heavy atom. The number of halogens is 3. The molecule has 0 spiro atoms. The van der Waals surface area contributed by atoms with E-state index in [9.17, 15) is 13.2 Å². The molecule has 112 valence electrons. The predicted molar refractivity (Wildman–Crippen MR) is 69.9 cm³/mol. The maximum Gasteiger partial charge on any atom is 0.434 e. The summed E-state index contributed by atoms with van der Waals surface area (Å²) in [6, 6.07) is 8.61. The number of nitrogens with zero attached hydrogens (tertiary/aromatic N) is 6. The van der Waals surface area contributed by atoms with Gasteiger partial charge in [-0.25, -0.2) is 9.97 Å². The number of alkyl halides is 3. The van der Waals surface area contributed by atoms with E-state index >= 15 is 0 Å². The van der Waals surface area contributed by atoms with E-state index < -0.39 is 11.9 Å². The largest absolute Gasteiger partial charge is 0.434 e. The number of para-hydroxylation sites is 1. The lowest BCUT2D eigenvalue weighted by Crippen LogP contribution is -2.13. The minimum Gasteiger partial charge on any atom is -0.241 e. The standard InChI is InChI=1S/C13H9F3N6/c1-8-17-7-10(11(18-8)13(14,15)16)12-19-20-21-22(12)9-5-3-2-4-6-9/h2-7H,1H3. The third kappa shape index (κ3) is 2.52. The molecule has 0 N–H and O–H groups in total. The molecule has 2 aromatic heterocycles. The fourth-order valence-electron chi connectivity index (χ4n) is 1.95. The Bertz CT molecular complexity index is 797. The zero-order chi connectivity index (χ0) is 15.7. The molecule has 0 atom stereocenters. The Labute approximate surface area is 122 Å². The first-order chi connectivity index (χ1) is 10.5. The molecule has 6 nitrogen and oxygen atoms in total. The highest BCUT2D eigenvalue weighted by molar-refractivity contribution is 5.59. The fourth-order valence-corrected chi connectivity index (χ4v) is 1.95. The van der Waals surface area contributed by atoms with Crippen LogP contribution in [0.5, 0.6) is 0 Å². The summed E-state index contributed by atoms with van der Waals surface area (Å²) in [5.74, 6) is -0.0478. The summed E-state index contributed by atoms with van der Waals surface area (Å²) < 4.78 is 40.8. The van der Waals surface area contributed by atoms with Crippen LogP contribution < -0.4 is 0 Å². The Morgan fingerprint density at radius 3 is 2.50 bits per heavy atom. The molecule has 1 aromatic carbocycles. The maximum absolute atomic E-state index is 13.2. The molecular weight excluding hydrogens is 297 g/mol. The summed E-state index contributed by atoms with van der Waals surface area (Å²) in [4.78, 5) is 7.31. The van der Waals surface area contributed by atoms with Gasteiger partial charge in [-0.1, -0.05) is 18.2 Å². The van der Waals surface area contributed by atoms with Crippen LogP contribution in [0.15, 0.2) is 36.5 Å². The van der Waals surface area contributed by atoms with Gasteiger partial charge in [-0.2, -0.15) is 17.9 Å². The van der Waals surface area contributed by atoms with Crippen molar-refractivity contribution in [1.29, 1.82) is 0 Å². The molecule has 0 aliphatic heterocycles. The van der Waals surface area contributed by atoms with Gasteiger partial charge in [0.2, 0.25) is 0 Å². The van der Waals surface area contributed by atoms with Crippen molar-refractivity contribution < 1.29 is 13.2 Å². The summed E-state index contributed by atoms with van der Waals surface area (Å²) in [5.41, 5.74) is -0.796. The summed E-state index contributed by atoms with van der Waals surface area (Å²) in [6.07, 6.45) is -3.55. The lowest BCUT2D eigenvalue weighted by Gasteiger charge is -2.11. The van der Waals surface area contributed by atoms with Gasteiger partial charge >= 0.3 is 6.18 Å². The zero-order valence-electron chi connectivity index (χ0n) is 11.3. The smallest absolute Gasteiger partial charge is 0.241 e. The maximum atomic E-state index is 13.2. The second kappa shape index (κ2) is 5.17. The van der Waals surface area contributed by atoms with Crippen LogP contribution in [0.2, 0.25) is 0 Å². The van der Waals surface area contributed by atoms with Crippen LogP contribution in [-0.2, 0) is 6.18 Å². The fraction of sp³-hybridized carbons (Fsp3) is 0.154. The second-order valence-corrected chi connectivity index (χ2v) is 4.43. The highest BCUT2D eigenvalue weighted by Gasteiger charge is 2.37. The van der Waals surface area contributed by atoms with Crippen molar-refractivity contribution >= 4 is 0 Å². The van der Waals surface area contributed by atoms with Crippen LogP contribution in [0.25, 0.3) is 17.1 Å².